The average molecular weight is 399 g/mol. The summed E-state index contributed by atoms with van der Waals surface area (Å²) in [5, 5.41) is 16.9. The van der Waals surface area contributed by atoms with Crippen LogP contribution in [0.25, 0.3) is 0 Å². The number of Topliss-reactive ketones (excluding diaryl/α,β-unsaturated/α-hetero) is 1. The third kappa shape index (κ3) is 5.22. The number of fused-ring (bicyclic) bond motifs is 1. The largest absolute Gasteiger partial charge is 0.480 e. The number of carboxylic acid groups (broad SMARTS) is 1. The molecule has 0 saturated heterocycles. The van der Waals surface area contributed by atoms with Crippen molar-refractivity contribution in [1.82, 2.24) is 5.01 Å². The first-order valence-corrected chi connectivity index (χ1v) is 10.3. The van der Waals surface area contributed by atoms with E-state index < -0.39 is 24.0 Å². The molecule has 0 unspecified atom stereocenters. The number of nitrogens with one attached hydrogen (secondary N) is 1. The maximum Gasteiger partial charge on any atom is 0.342 e. The van der Waals surface area contributed by atoms with E-state index in [1.165, 1.54) is 32.1 Å². The molecule has 156 valence electrons. The molecule has 1 heterocycles. The van der Waals surface area contributed by atoms with Gasteiger partial charge in [-0.25, -0.2) is 9.80 Å². The zero-order valence-corrected chi connectivity index (χ0v) is 17.1. The molecule has 3 rings (SSSR count). The van der Waals surface area contributed by atoms with Crippen molar-refractivity contribution in [2.75, 3.05) is 11.9 Å². The van der Waals surface area contributed by atoms with Crippen LogP contribution < -0.4 is 5.32 Å². The predicted octanol–water partition coefficient (Wildman–Crippen LogP) is 4.28. The molecular weight excluding hydrogens is 370 g/mol. The highest BCUT2D eigenvalue weighted by molar-refractivity contribution is 6.17. The van der Waals surface area contributed by atoms with Crippen molar-refractivity contribution in [2.24, 2.45) is 16.4 Å². The third-order valence-electron chi connectivity index (χ3n) is 5.85. The van der Waals surface area contributed by atoms with Crippen LogP contribution in [0.5, 0.6) is 0 Å². The van der Waals surface area contributed by atoms with Crippen molar-refractivity contribution in [3.05, 3.63) is 29.8 Å². The number of amides is 2. The molecule has 2 aliphatic rings. The van der Waals surface area contributed by atoms with Gasteiger partial charge in [-0.3, -0.25) is 9.59 Å². The number of nitrogens with zero attached hydrogens (tertiary/aromatic N) is 2. The van der Waals surface area contributed by atoms with Crippen molar-refractivity contribution in [1.29, 1.82) is 0 Å². The maximum atomic E-state index is 13.2. The summed E-state index contributed by atoms with van der Waals surface area (Å²) in [6.45, 7) is 3.39. The highest BCUT2D eigenvalue weighted by atomic mass is 16.4. The lowest BCUT2D eigenvalue weighted by Gasteiger charge is -2.31. The Labute approximate surface area is 171 Å². The molecule has 1 fully saturated rings. The summed E-state index contributed by atoms with van der Waals surface area (Å²) in [6.07, 6.45) is 6.98. The molecule has 0 spiro atoms. The van der Waals surface area contributed by atoms with Crippen molar-refractivity contribution < 1.29 is 19.5 Å². The number of carbonyl (C=O) groups is 3. The van der Waals surface area contributed by atoms with Crippen LogP contribution in [0, 0.1) is 11.3 Å². The Morgan fingerprint density at radius 2 is 1.90 bits per heavy atom. The number of benzene rings is 1. The number of carbonyl (C=O) groups excluding carboxylic acids is 2. The summed E-state index contributed by atoms with van der Waals surface area (Å²) >= 11 is 0. The van der Waals surface area contributed by atoms with Crippen molar-refractivity contribution in [2.45, 2.75) is 58.8 Å². The monoisotopic (exact) mass is 399 g/mol. The lowest BCUT2D eigenvalue weighted by molar-refractivity contribution is -0.137. The number of ketones is 1. The molecule has 0 bridgehead atoms. The number of hydrogen-bond donors (Lipinski definition) is 2. The van der Waals surface area contributed by atoms with E-state index in [1.807, 2.05) is 19.9 Å². The molecule has 1 saturated carbocycles. The minimum Gasteiger partial charge on any atom is -0.480 e. The second-order valence-corrected chi connectivity index (χ2v) is 8.67. The number of hydrazone groups is 1. The second-order valence-electron chi connectivity index (χ2n) is 8.67. The van der Waals surface area contributed by atoms with E-state index in [2.05, 4.69) is 10.4 Å². The Bertz CT molecular complexity index is 825. The maximum absolute atomic E-state index is 13.2. The van der Waals surface area contributed by atoms with Crippen LogP contribution in [0.4, 0.5) is 10.5 Å². The molecule has 0 aromatic heterocycles. The number of para-hydroxylation sites is 1. The number of hydrogen-bond acceptors (Lipinski definition) is 4. The summed E-state index contributed by atoms with van der Waals surface area (Å²) < 4.78 is 0. The smallest absolute Gasteiger partial charge is 0.342 e. The van der Waals surface area contributed by atoms with E-state index >= 15 is 0 Å². The van der Waals surface area contributed by atoms with Gasteiger partial charge in [0.15, 0.2) is 0 Å². The van der Waals surface area contributed by atoms with E-state index in [1.54, 1.807) is 18.2 Å². The fraction of sp³-hybridized carbons (Fsp3) is 0.545. The minimum absolute atomic E-state index is 0.0567. The summed E-state index contributed by atoms with van der Waals surface area (Å²) in [6, 6.07) is 6.48. The molecule has 1 aliphatic carbocycles. The summed E-state index contributed by atoms with van der Waals surface area (Å²) in [7, 11) is 0. The third-order valence-corrected chi connectivity index (χ3v) is 5.85. The van der Waals surface area contributed by atoms with Gasteiger partial charge in [-0.2, -0.15) is 5.10 Å². The van der Waals surface area contributed by atoms with Gasteiger partial charge in [-0.15, -0.1) is 0 Å². The van der Waals surface area contributed by atoms with Crippen LogP contribution in [0.1, 0.15) is 64.4 Å². The van der Waals surface area contributed by atoms with Gasteiger partial charge in [-0.1, -0.05) is 64.2 Å². The van der Waals surface area contributed by atoms with Crippen LogP contribution in [-0.4, -0.2) is 40.2 Å². The summed E-state index contributed by atoms with van der Waals surface area (Å²) in [5.41, 5.74) is 1.10. The van der Waals surface area contributed by atoms with E-state index in [9.17, 15) is 14.4 Å². The molecule has 2 amide bonds. The van der Waals surface area contributed by atoms with Gasteiger partial charge in [0, 0.05) is 11.0 Å². The highest BCUT2D eigenvalue weighted by Crippen LogP contribution is 2.36. The average Bonchev–Trinajstić information content (AvgIpc) is 2.79. The Kier molecular flexibility index (Phi) is 6.35. The topological polar surface area (TPSA) is 99.1 Å². The van der Waals surface area contributed by atoms with E-state index in [0.717, 1.165) is 11.4 Å². The first-order valence-electron chi connectivity index (χ1n) is 10.3. The predicted molar refractivity (Wildman–Crippen MR) is 111 cm³/mol. The van der Waals surface area contributed by atoms with E-state index in [4.69, 9.17) is 5.11 Å². The fourth-order valence-electron chi connectivity index (χ4n) is 4.25. The molecule has 0 radical (unpaired) electrons. The van der Waals surface area contributed by atoms with E-state index in [0.29, 0.717) is 22.9 Å². The molecule has 29 heavy (non-hydrogen) atoms. The lowest BCUT2D eigenvalue weighted by atomic mass is 9.73. The molecule has 2 N–H and O–H groups in total. The number of anilines is 1. The van der Waals surface area contributed by atoms with Crippen LogP contribution in [0.2, 0.25) is 0 Å². The number of urea groups is 1. The molecule has 0 atom stereocenters. The van der Waals surface area contributed by atoms with Crippen LogP contribution >= 0.6 is 0 Å². The summed E-state index contributed by atoms with van der Waals surface area (Å²) in [4.78, 5) is 36.7. The van der Waals surface area contributed by atoms with Crippen molar-refractivity contribution in [3.63, 3.8) is 0 Å². The van der Waals surface area contributed by atoms with Gasteiger partial charge in [0.1, 0.15) is 12.3 Å². The zero-order chi connectivity index (χ0) is 21.0. The fourth-order valence-corrected chi connectivity index (χ4v) is 4.25. The van der Waals surface area contributed by atoms with E-state index in [-0.39, 0.29) is 12.2 Å². The standard InChI is InChI=1S/C22H29N3O4/c1-22(2,13-15-8-4-3-5-9-15)19(26)12-18-16-10-6-7-11-17(16)23-21(29)25(24-18)14-20(27)28/h6-7,10-11,15H,3-5,8-9,12-14H2,1-2H3,(H,23,29)(H,27,28). The van der Waals surface area contributed by atoms with Gasteiger partial charge in [0.05, 0.1) is 17.8 Å². The van der Waals surface area contributed by atoms with Crippen LogP contribution in [0.15, 0.2) is 29.4 Å². The zero-order valence-electron chi connectivity index (χ0n) is 17.1. The van der Waals surface area contributed by atoms with Crippen molar-refractivity contribution >= 4 is 29.2 Å². The van der Waals surface area contributed by atoms with Crippen molar-refractivity contribution in [3.8, 4) is 0 Å². The van der Waals surface area contributed by atoms with Gasteiger partial charge in [0.25, 0.3) is 0 Å². The van der Waals surface area contributed by atoms with Gasteiger partial charge in [-0.05, 0) is 18.4 Å². The number of rotatable bonds is 7. The quantitative estimate of drug-likeness (QED) is 0.715. The minimum atomic E-state index is -1.17. The Morgan fingerprint density at radius 1 is 1.21 bits per heavy atom. The molecule has 1 aliphatic heterocycles. The first-order chi connectivity index (χ1) is 13.8. The molecule has 7 heteroatoms. The lowest BCUT2D eigenvalue weighted by Crippen LogP contribution is -2.34. The molecule has 1 aromatic carbocycles. The molecule has 1 aromatic rings. The first kappa shape index (κ1) is 21.0. The van der Waals surface area contributed by atoms with Crippen LogP contribution in [0.3, 0.4) is 0 Å². The molecular formula is C22H29N3O4. The van der Waals surface area contributed by atoms with Gasteiger partial charge < -0.3 is 10.4 Å². The summed E-state index contributed by atoms with van der Waals surface area (Å²) in [5.74, 6) is -0.544. The number of aliphatic carboxylic acids is 1. The number of carboxylic acids is 1. The van der Waals surface area contributed by atoms with Crippen LogP contribution in [-0.2, 0) is 9.59 Å². The Balaban J connectivity index is 1.84. The highest BCUT2D eigenvalue weighted by Gasteiger charge is 2.33. The Morgan fingerprint density at radius 3 is 2.59 bits per heavy atom. The molecule has 7 nitrogen and oxygen atoms in total. The second kappa shape index (κ2) is 8.76. The Hall–Kier alpha value is -2.70. The SMILES string of the molecule is CC(C)(CC1CCCCC1)C(=O)CC1=NN(CC(=O)O)C(=O)Nc2ccccc21. The van der Waals surface area contributed by atoms with Gasteiger partial charge in [0.2, 0.25) is 0 Å². The van der Waals surface area contributed by atoms with Gasteiger partial charge >= 0.3 is 12.0 Å². The normalized spacial score (nSPS) is 17.8.